The molecule has 0 aliphatic carbocycles. The Kier molecular flexibility index (Phi) is 3.30. The van der Waals surface area contributed by atoms with Gasteiger partial charge in [0.1, 0.15) is 0 Å². The van der Waals surface area contributed by atoms with Crippen LogP contribution in [0.4, 0.5) is 26.3 Å². The summed E-state index contributed by atoms with van der Waals surface area (Å²) < 4.78 is 76.3. The maximum absolute atomic E-state index is 13.2. The van der Waals surface area contributed by atoms with Gasteiger partial charge in [0.05, 0.1) is 0 Å². The van der Waals surface area contributed by atoms with Gasteiger partial charge in [0, 0.05) is 5.56 Å². The van der Waals surface area contributed by atoms with Gasteiger partial charge in [0.15, 0.2) is 17.5 Å². The minimum Gasteiger partial charge on any atom is -0.479 e. The minimum absolute atomic E-state index is 0.134. The van der Waals surface area contributed by atoms with Gasteiger partial charge in [-0.15, -0.1) is 0 Å². The molecule has 1 aromatic carbocycles. The topological polar surface area (TPSA) is 63.3 Å². The molecule has 0 aliphatic rings. The Bertz CT molecular complexity index is 501. The van der Waals surface area contributed by atoms with Crippen molar-refractivity contribution in [3.8, 4) is 0 Å². The van der Waals surface area contributed by atoms with E-state index < -0.39 is 40.7 Å². The lowest BCUT2D eigenvalue weighted by Crippen LogP contribution is -2.57. The van der Waals surface area contributed by atoms with Crippen LogP contribution in [0.5, 0.6) is 0 Å². The molecular weight excluding hydrogens is 268 g/mol. The van der Waals surface area contributed by atoms with Crippen LogP contribution in [0.2, 0.25) is 0 Å². The highest BCUT2D eigenvalue weighted by atomic mass is 19.4. The maximum atomic E-state index is 13.2. The number of rotatable bonds is 2. The number of carboxylic acids is 1. The van der Waals surface area contributed by atoms with E-state index in [0.717, 1.165) is 0 Å². The van der Waals surface area contributed by atoms with Gasteiger partial charge in [0.25, 0.3) is 0 Å². The fourth-order valence-corrected chi connectivity index (χ4v) is 1.22. The summed E-state index contributed by atoms with van der Waals surface area (Å²) in [5, 5.41) is 8.48. The summed E-state index contributed by atoms with van der Waals surface area (Å²) in [4.78, 5) is 10.6. The van der Waals surface area contributed by atoms with Crippen LogP contribution in [0.15, 0.2) is 12.1 Å². The van der Waals surface area contributed by atoms with Gasteiger partial charge in [-0.1, -0.05) is 6.07 Å². The first-order valence-electron chi connectivity index (χ1n) is 4.26. The van der Waals surface area contributed by atoms with Crippen LogP contribution in [0.25, 0.3) is 0 Å². The molecule has 0 fully saturated rings. The highest BCUT2D eigenvalue weighted by Crippen LogP contribution is 2.38. The number of benzene rings is 1. The third kappa shape index (κ3) is 1.90. The fraction of sp³-hybridized carbons (Fsp3) is 0.222. The Balaban J connectivity index is 3.61. The molecule has 0 aromatic heterocycles. The molecule has 1 rings (SSSR count). The van der Waals surface area contributed by atoms with Gasteiger partial charge >= 0.3 is 12.1 Å². The van der Waals surface area contributed by atoms with Gasteiger partial charge < -0.3 is 10.8 Å². The Hall–Kier alpha value is -1.77. The number of hydrogen-bond acceptors (Lipinski definition) is 2. The predicted octanol–water partition coefficient (Wildman–Crippen LogP) is 1.90. The average molecular weight is 273 g/mol. The van der Waals surface area contributed by atoms with Gasteiger partial charge in [-0.2, -0.15) is 13.2 Å². The first kappa shape index (κ1) is 14.3. The van der Waals surface area contributed by atoms with E-state index in [2.05, 4.69) is 5.73 Å². The molecule has 1 aromatic rings. The molecule has 0 saturated carbocycles. The van der Waals surface area contributed by atoms with Gasteiger partial charge in [0.2, 0.25) is 5.54 Å². The van der Waals surface area contributed by atoms with E-state index in [1.807, 2.05) is 0 Å². The molecular formula is C9H5F6NO2. The zero-order valence-corrected chi connectivity index (χ0v) is 8.36. The van der Waals surface area contributed by atoms with Crippen molar-refractivity contribution in [3.63, 3.8) is 0 Å². The van der Waals surface area contributed by atoms with E-state index in [-0.39, 0.29) is 12.1 Å². The third-order valence-electron chi connectivity index (χ3n) is 2.24. The standard InChI is InChI=1S/C9H5F6NO2/c10-4-2-1-3(5(11)6(4)12)8(16,7(17)18)9(13,14)15/h1-2H,16H2,(H,17,18). The second kappa shape index (κ2) is 4.16. The number of hydrogen-bond donors (Lipinski definition) is 2. The van der Waals surface area contributed by atoms with Crippen molar-refractivity contribution in [1.82, 2.24) is 0 Å². The molecule has 0 radical (unpaired) electrons. The molecule has 9 heteroatoms. The third-order valence-corrected chi connectivity index (χ3v) is 2.24. The lowest BCUT2D eigenvalue weighted by molar-refractivity contribution is -0.205. The van der Waals surface area contributed by atoms with Crippen molar-refractivity contribution in [2.75, 3.05) is 0 Å². The van der Waals surface area contributed by atoms with E-state index >= 15 is 0 Å². The summed E-state index contributed by atoms with van der Waals surface area (Å²) in [6, 6.07) is 0.291. The highest BCUT2D eigenvalue weighted by molar-refractivity contribution is 5.81. The molecule has 0 saturated heterocycles. The maximum Gasteiger partial charge on any atom is 0.421 e. The zero-order chi connectivity index (χ0) is 14.3. The normalized spacial score (nSPS) is 15.3. The lowest BCUT2D eigenvalue weighted by atomic mass is 9.89. The van der Waals surface area contributed by atoms with Crippen LogP contribution in [0.3, 0.4) is 0 Å². The quantitative estimate of drug-likeness (QED) is 0.639. The zero-order valence-electron chi connectivity index (χ0n) is 8.36. The summed E-state index contributed by atoms with van der Waals surface area (Å²) in [5.74, 6) is -8.92. The molecule has 1 unspecified atom stereocenters. The van der Waals surface area contributed by atoms with Crippen LogP contribution in [-0.4, -0.2) is 17.3 Å². The number of aliphatic carboxylic acids is 1. The molecule has 0 bridgehead atoms. The summed E-state index contributed by atoms with van der Waals surface area (Å²) >= 11 is 0. The van der Waals surface area contributed by atoms with Crippen molar-refractivity contribution < 1.29 is 36.2 Å². The van der Waals surface area contributed by atoms with E-state index in [0.29, 0.717) is 0 Å². The summed E-state index contributed by atoms with van der Waals surface area (Å²) in [5.41, 5.74) is -1.26. The molecule has 100 valence electrons. The van der Waals surface area contributed by atoms with Crippen molar-refractivity contribution >= 4 is 5.97 Å². The van der Waals surface area contributed by atoms with E-state index in [1.54, 1.807) is 0 Å². The number of carboxylic acid groups (broad SMARTS) is 1. The van der Waals surface area contributed by atoms with Crippen molar-refractivity contribution in [1.29, 1.82) is 0 Å². The summed E-state index contributed by atoms with van der Waals surface area (Å²) in [6.45, 7) is 0. The van der Waals surface area contributed by atoms with Crippen LogP contribution in [0.1, 0.15) is 5.56 Å². The molecule has 0 aliphatic heterocycles. The smallest absolute Gasteiger partial charge is 0.421 e. The highest BCUT2D eigenvalue weighted by Gasteiger charge is 2.61. The fourth-order valence-electron chi connectivity index (χ4n) is 1.22. The Morgan fingerprint density at radius 1 is 1.11 bits per heavy atom. The van der Waals surface area contributed by atoms with Gasteiger partial charge in [-0.05, 0) is 6.07 Å². The van der Waals surface area contributed by atoms with Crippen LogP contribution < -0.4 is 5.73 Å². The van der Waals surface area contributed by atoms with E-state index in [4.69, 9.17) is 5.11 Å². The summed E-state index contributed by atoms with van der Waals surface area (Å²) in [6.07, 6.45) is -5.59. The molecule has 0 heterocycles. The average Bonchev–Trinajstić information content (AvgIpc) is 2.23. The Labute approximate surface area is 95.8 Å². The molecule has 3 nitrogen and oxygen atoms in total. The first-order valence-corrected chi connectivity index (χ1v) is 4.26. The molecule has 1 atom stereocenters. The predicted molar refractivity (Wildman–Crippen MR) is 45.9 cm³/mol. The molecule has 0 spiro atoms. The van der Waals surface area contributed by atoms with Crippen molar-refractivity contribution in [2.24, 2.45) is 5.73 Å². The SMILES string of the molecule is NC(C(=O)O)(c1ccc(F)c(F)c1F)C(F)(F)F. The number of halogens is 6. The number of carbonyl (C=O) groups is 1. The molecule has 3 N–H and O–H groups in total. The van der Waals surface area contributed by atoms with Crippen LogP contribution in [-0.2, 0) is 10.3 Å². The van der Waals surface area contributed by atoms with Crippen LogP contribution in [0, 0.1) is 17.5 Å². The van der Waals surface area contributed by atoms with E-state index in [1.165, 1.54) is 0 Å². The van der Waals surface area contributed by atoms with Crippen molar-refractivity contribution in [3.05, 3.63) is 35.1 Å². The Morgan fingerprint density at radius 2 is 1.61 bits per heavy atom. The van der Waals surface area contributed by atoms with Crippen LogP contribution >= 0.6 is 0 Å². The summed E-state index contributed by atoms with van der Waals surface area (Å²) in [7, 11) is 0. The van der Waals surface area contributed by atoms with Crippen molar-refractivity contribution in [2.45, 2.75) is 11.7 Å². The van der Waals surface area contributed by atoms with Gasteiger partial charge in [-0.3, -0.25) is 0 Å². The monoisotopic (exact) mass is 273 g/mol. The largest absolute Gasteiger partial charge is 0.479 e. The van der Waals surface area contributed by atoms with E-state index in [9.17, 15) is 31.1 Å². The first-order chi connectivity index (χ1) is 8.03. The Morgan fingerprint density at radius 3 is 2.00 bits per heavy atom. The second-order valence-corrected chi connectivity index (χ2v) is 3.33. The lowest BCUT2D eigenvalue weighted by Gasteiger charge is -2.28. The molecule has 0 amide bonds. The number of nitrogens with two attached hydrogens (primary N) is 1. The molecule has 18 heavy (non-hydrogen) atoms. The second-order valence-electron chi connectivity index (χ2n) is 3.33. The minimum atomic E-state index is -5.59. The van der Waals surface area contributed by atoms with Gasteiger partial charge in [-0.25, -0.2) is 18.0 Å². The number of alkyl halides is 3.